The van der Waals surface area contributed by atoms with Gasteiger partial charge in [0, 0.05) is 24.3 Å². The largest absolute Gasteiger partial charge is 0.465 e. The molecule has 0 atom stereocenters. The number of amides is 1. The van der Waals surface area contributed by atoms with E-state index >= 15 is 0 Å². The van der Waals surface area contributed by atoms with E-state index in [-0.39, 0.29) is 0 Å². The molecular weight excluding hydrogens is 278 g/mol. The van der Waals surface area contributed by atoms with Gasteiger partial charge in [0.15, 0.2) is 4.80 Å². The summed E-state index contributed by atoms with van der Waals surface area (Å²) < 4.78 is 6.47. The molecule has 2 heterocycles. The highest BCUT2D eigenvalue weighted by atomic mass is 32.1. The van der Waals surface area contributed by atoms with E-state index in [1.807, 2.05) is 18.6 Å². The summed E-state index contributed by atoms with van der Waals surface area (Å²) in [6, 6.07) is 0. The van der Waals surface area contributed by atoms with Crippen molar-refractivity contribution in [3.63, 3.8) is 0 Å². The molecule has 0 aliphatic carbocycles. The molecule has 2 aromatic heterocycles. The van der Waals surface area contributed by atoms with Crippen molar-refractivity contribution in [1.29, 1.82) is 0 Å². The average Bonchev–Trinajstić information content (AvgIpc) is 2.93. The topological polar surface area (TPSA) is 76.5 Å². The lowest BCUT2D eigenvalue weighted by Crippen LogP contribution is -2.13. The smallest absolute Gasteiger partial charge is 0.339 e. The highest BCUT2D eigenvalue weighted by molar-refractivity contribution is 7.07. The van der Waals surface area contributed by atoms with Gasteiger partial charge in [-0.25, -0.2) is 4.79 Å². The van der Waals surface area contributed by atoms with Crippen molar-refractivity contribution in [2.24, 2.45) is 12.0 Å². The Bertz CT molecular complexity index is 736. The van der Waals surface area contributed by atoms with Crippen molar-refractivity contribution in [1.82, 2.24) is 9.55 Å². The first-order valence-electron chi connectivity index (χ1n) is 5.92. The molecule has 106 valence electrons. The summed E-state index contributed by atoms with van der Waals surface area (Å²) in [6.45, 7) is 3.42. The molecule has 1 amide bonds. The molecule has 2 aromatic rings. The van der Waals surface area contributed by atoms with Crippen LogP contribution in [-0.2, 0) is 11.8 Å². The van der Waals surface area contributed by atoms with Gasteiger partial charge in [-0.1, -0.05) is 0 Å². The third-order valence-corrected chi connectivity index (χ3v) is 3.85. The van der Waals surface area contributed by atoms with Crippen molar-refractivity contribution in [2.75, 3.05) is 7.11 Å². The number of aromatic amines is 1. The number of rotatable bonds is 2. The van der Waals surface area contributed by atoms with Gasteiger partial charge in [0.25, 0.3) is 5.91 Å². The van der Waals surface area contributed by atoms with Crippen molar-refractivity contribution < 1.29 is 14.3 Å². The fraction of sp³-hybridized carbons (Fsp3) is 0.308. The predicted octanol–water partition coefficient (Wildman–Crippen LogP) is 1.56. The molecule has 0 aliphatic rings. The SMILES string of the molecule is COC(=O)c1c(C)[nH]c(C(=O)N=c2sccn2C)c1C. The lowest BCUT2D eigenvalue weighted by molar-refractivity contribution is 0.0599. The maximum absolute atomic E-state index is 12.2. The average molecular weight is 293 g/mol. The number of nitrogens with zero attached hydrogens (tertiary/aromatic N) is 2. The number of H-pyrrole nitrogens is 1. The van der Waals surface area contributed by atoms with Crippen molar-refractivity contribution >= 4 is 23.2 Å². The zero-order valence-corrected chi connectivity index (χ0v) is 12.5. The number of hydrogen-bond acceptors (Lipinski definition) is 4. The molecule has 0 unspecified atom stereocenters. The van der Waals surface area contributed by atoms with E-state index < -0.39 is 11.9 Å². The number of nitrogens with one attached hydrogen (secondary N) is 1. The minimum Gasteiger partial charge on any atom is -0.465 e. The minimum atomic E-state index is -0.461. The molecule has 6 nitrogen and oxygen atoms in total. The summed E-state index contributed by atoms with van der Waals surface area (Å²) in [5.74, 6) is -0.865. The Morgan fingerprint density at radius 2 is 2.10 bits per heavy atom. The summed E-state index contributed by atoms with van der Waals surface area (Å²) in [7, 11) is 3.13. The highest BCUT2D eigenvalue weighted by Gasteiger charge is 2.22. The van der Waals surface area contributed by atoms with Crippen LogP contribution in [-0.4, -0.2) is 28.5 Å². The first-order valence-corrected chi connectivity index (χ1v) is 6.80. The third kappa shape index (κ3) is 2.44. The maximum Gasteiger partial charge on any atom is 0.339 e. The fourth-order valence-electron chi connectivity index (χ4n) is 1.95. The van der Waals surface area contributed by atoms with E-state index in [0.29, 0.717) is 27.3 Å². The van der Waals surface area contributed by atoms with Gasteiger partial charge in [-0.15, -0.1) is 11.3 Å². The second-order valence-electron chi connectivity index (χ2n) is 4.33. The zero-order valence-electron chi connectivity index (χ0n) is 11.7. The number of ether oxygens (including phenoxy) is 1. The standard InChI is InChI=1S/C13H15N3O3S/c1-7-9(12(18)19-4)8(2)14-10(7)11(17)15-13-16(3)5-6-20-13/h5-6,14H,1-4H3. The molecule has 0 radical (unpaired) electrons. The molecule has 0 bridgehead atoms. The summed E-state index contributed by atoms with van der Waals surface area (Å²) in [4.78, 5) is 31.4. The fourth-order valence-corrected chi connectivity index (χ4v) is 2.68. The van der Waals surface area contributed by atoms with Crippen molar-refractivity contribution in [3.8, 4) is 0 Å². The molecule has 7 heteroatoms. The van der Waals surface area contributed by atoms with Gasteiger partial charge in [0.05, 0.1) is 12.7 Å². The van der Waals surface area contributed by atoms with E-state index in [9.17, 15) is 9.59 Å². The summed E-state index contributed by atoms with van der Waals surface area (Å²) in [6.07, 6.45) is 1.82. The number of thiazole rings is 1. The molecule has 0 saturated heterocycles. The van der Waals surface area contributed by atoms with Gasteiger partial charge in [-0.05, 0) is 19.4 Å². The number of carbonyl (C=O) groups excluding carboxylic acids is 2. The van der Waals surface area contributed by atoms with E-state index in [0.717, 1.165) is 0 Å². The Morgan fingerprint density at radius 3 is 2.65 bits per heavy atom. The predicted molar refractivity (Wildman–Crippen MR) is 74.8 cm³/mol. The number of esters is 1. The van der Waals surface area contributed by atoms with Crippen LogP contribution in [0.4, 0.5) is 0 Å². The molecule has 0 spiro atoms. The van der Waals surface area contributed by atoms with E-state index in [1.54, 1.807) is 18.4 Å². The van der Waals surface area contributed by atoms with Crippen LogP contribution < -0.4 is 4.80 Å². The van der Waals surface area contributed by atoms with E-state index in [1.165, 1.54) is 18.4 Å². The van der Waals surface area contributed by atoms with Crippen LogP contribution in [0.15, 0.2) is 16.6 Å². The minimum absolute atomic E-state index is 0.316. The van der Waals surface area contributed by atoms with Gasteiger partial charge in [-0.3, -0.25) is 4.79 Å². The first kappa shape index (κ1) is 14.3. The highest BCUT2D eigenvalue weighted by Crippen LogP contribution is 2.19. The summed E-state index contributed by atoms with van der Waals surface area (Å²) >= 11 is 1.37. The van der Waals surface area contributed by atoms with Crippen LogP contribution in [0.3, 0.4) is 0 Å². The first-order chi connectivity index (χ1) is 9.45. The number of methoxy groups -OCH3 is 1. The summed E-state index contributed by atoms with van der Waals surface area (Å²) in [5, 5.41) is 1.85. The lowest BCUT2D eigenvalue weighted by Gasteiger charge is -1.99. The van der Waals surface area contributed by atoms with Gasteiger partial charge in [-0.2, -0.15) is 4.99 Å². The second kappa shape index (κ2) is 5.46. The van der Waals surface area contributed by atoms with Gasteiger partial charge in [0.2, 0.25) is 0 Å². The van der Waals surface area contributed by atoms with Gasteiger partial charge in [0.1, 0.15) is 5.69 Å². The summed E-state index contributed by atoms with van der Waals surface area (Å²) in [5.41, 5.74) is 1.86. The Hall–Kier alpha value is -2.15. The lowest BCUT2D eigenvalue weighted by atomic mass is 10.1. The third-order valence-electron chi connectivity index (χ3n) is 3.00. The molecule has 1 N–H and O–H groups in total. The number of aromatic nitrogens is 2. The molecule has 0 aromatic carbocycles. The molecule has 20 heavy (non-hydrogen) atoms. The Morgan fingerprint density at radius 1 is 1.40 bits per heavy atom. The van der Waals surface area contributed by atoms with Crippen LogP contribution >= 0.6 is 11.3 Å². The second-order valence-corrected chi connectivity index (χ2v) is 5.20. The molecule has 2 rings (SSSR count). The zero-order chi connectivity index (χ0) is 14.9. The van der Waals surface area contributed by atoms with E-state index in [4.69, 9.17) is 4.74 Å². The van der Waals surface area contributed by atoms with Crippen LogP contribution in [0, 0.1) is 13.8 Å². The monoisotopic (exact) mass is 293 g/mol. The van der Waals surface area contributed by atoms with Gasteiger partial charge >= 0.3 is 5.97 Å². The van der Waals surface area contributed by atoms with Crippen LogP contribution in [0.5, 0.6) is 0 Å². The maximum atomic E-state index is 12.2. The number of hydrogen-bond donors (Lipinski definition) is 1. The Labute approximate surface area is 119 Å². The van der Waals surface area contributed by atoms with Gasteiger partial charge < -0.3 is 14.3 Å². The number of aryl methyl sites for hydroxylation is 2. The molecule has 0 fully saturated rings. The van der Waals surface area contributed by atoms with Crippen molar-refractivity contribution in [2.45, 2.75) is 13.8 Å². The van der Waals surface area contributed by atoms with Crippen LogP contribution in [0.2, 0.25) is 0 Å². The molecule has 0 saturated carbocycles. The van der Waals surface area contributed by atoms with Crippen LogP contribution in [0.25, 0.3) is 0 Å². The Balaban J connectivity index is 2.48. The van der Waals surface area contributed by atoms with Crippen molar-refractivity contribution in [3.05, 3.63) is 38.9 Å². The van der Waals surface area contributed by atoms with E-state index in [2.05, 4.69) is 9.98 Å². The molecular formula is C13H15N3O3S. The normalized spacial score (nSPS) is 11.7. The quantitative estimate of drug-likeness (QED) is 0.854. The Kier molecular flexibility index (Phi) is 3.89. The number of carbonyl (C=O) groups is 2. The molecule has 0 aliphatic heterocycles. The van der Waals surface area contributed by atoms with Crippen LogP contribution in [0.1, 0.15) is 32.1 Å².